The summed E-state index contributed by atoms with van der Waals surface area (Å²) in [6.45, 7) is 1.93. The normalized spacial score (nSPS) is 11.1. The quantitative estimate of drug-likeness (QED) is 0.731. The summed E-state index contributed by atoms with van der Waals surface area (Å²) in [5.41, 5.74) is 1.43. The number of allylic oxidation sites excluding steroid dienone is 1. The van der Waals surface area contributed by atoms with Crippen molar-refractivity contribution in [2.45, 2.75) is 6.92 Å². The summed E-state index contributed by atoms with van der Waals surface area (Å²) in [7, 11) is 0. The first-order valence-electron chi connectivity index (χ1n) is 4.73. The minimum atomic E-state index is -0.271. The highest BCUT2D eigenvalue weighted by molar-refractivity contribution is 5.53. The van der Waals surface area contributed by atoms with Gasteiger partial charge in [0.2, 0.25) is 0 Å². The molecule has 76 valence electrons. The van der Waals surface area contributed by atoms with Crippen LogP contribution in [-0.4, -0.2) is 9.78 Å². The van der Waals surface area contributed by atoms with Crippen molar-refractivity contribution in [3.05, 3.63) is 54.1 Å². The first-order chi connectivity index (χ1) is 7.31. The van der Waals surface area contributed by atoms with Gasteiger partial charge in [-0.25, -0.2) is 9.07 Å². The molecular formula is C12H11FN2. The number of rotatable bonds is 2. The molecule has 0 radical (unpaired) electrons. The molecule has 0 saturated heterocycles. The maximum Gasteiger partial charge on any atom is 0.148 e. The molecule has 0 aliphatic carbocycles. The van der Waals surface area contributed by atoms with Crippen molar-refractivity contribution in [3.8, 4) is 5.69 Å². The van der Waals surface area contributed by atoms with Crippen LogP contribution in [0.4, 0.5) is 4.39 Å². The van der Waals surface area contributed by atoms with E-state index in [1.807, 2.05) is 19.1 Å². The van der Waals surface area contributed by atoms with E-state index in [4.69, 9.17) is 0 Å². The molecule has 0 aliphatic heterocycles. The van der Waals surface area contributed by atoms with Gasteiger partial charge >= 0.3 is 0 Å². The number of benzene rings is 1. The molecule has 0 unspecified atom stereocenters. The van der Waals surface area contributed by atoms with Crippen LogP contribution in [0, 0.1) is 5.82 Å². The van der Waals surface area contributed by atoms with E-state index in [1.54, 1.807) is 30.6 Å². The Hall–Kier alpha value is -1.90. The van der Waals surface area contributed by atoms with E-state index in [9.17, 15) is 4.39 Å². The molecule has 0 fully saturated rings. The lowest BCUT2D eigenvalue weighted by atomic mass is 10.2. The van der Waals surface area contributed by atoms with Crippen molar-refractivity contribution < 1.29 is 4.39 Å². The first-order valence-corrected chi connectivity index (χ1v) is 4.73. The Bertz CT molecular complexity index is 472. The van der Waals surface area contributed by atoms with E-state index in [2.05, 4.69) is 5.10 Å². The van der Waals surface area contributed by atoms with E-state index in [0.29, 0.717) is 5.69 Å². The molecule has 2 aromatic rings. The van der Waals surface area contributed by atoms with Gasteiger partial charge < -0.3 is 0 Å². The predicted molar refractivity (Wildman–Crippen MR) is 58.2 cm³/mol. The predicted octanol–water partition coefficient (Wildman–Crippen LogP) is 3.04. The third-order valence-electron chi connectivity index (χ3n) is 2.08. The maximum absolute atomic E-state index is 13.5. The lowest BCUT2D eigenvalue weighted by Crippen LogP contribution is -1.98. The van der Waals surface area contributed by atoms with Crippen LogP contribution >= 0.6 is 0 Å². The Kier molecular flexibility index (Phi) is 2.63. The molecular weight excluding hydrogens is 191 g/mol. The highest BCUT2D eigenvalue weighted by Crippen LogP contribution is 2.15. The SMILES string of the molecule is C/C=C/c1ccc(F)c(-n2cccn2)c1. The summed E-state index contributed by atoms with van der Waals surface area (Å²) in [6.07, 6.45) is 7.19. The second-order valence-corrected chi connectivity index (χ2v) is 3.16. The van der Waals surface area contributed by atoms with Gasteiger partial charge in [0.1, 0.15) is 11.5 Å². The van der Waals surface area contributed by atoms with E-state index in [1.165, 1.54) is 10.7 Å². The molecule has 3 heteroatoms. The van der Waals surface area contributed by atoms with Gasteiger partial charge in [0.15, 0.2) is 0 Å². The van der Waals surface area contributed by atoms with Crippen LogP contribution in [0.5, 0.6) is 0 Å². The van der Waals surface area contributed by atoms with Crippen LogP contribution in [-0.2, 0) is 0 Å². The number of hydrogen-bond donors (Lipinski definition) is 0. The Morgan fingerprint density at radius 1 is 1.40 bits per heavy atom. The third-order valence-corrected chi connectivity index (χ3v) is 2.08. The van der Waals surface area contributed by atoms with Gasteiger partial charge in [0.05, 0.1) is 0 Å². The van der Waals surface area contributed by atoms with Crippen molar-refractivity contribution >= 4 is 6.08 Å². The summed E-state index contributed by atoms with van der Waals surface area (Å²) in [5, 5.41) is 4.00. The van der Waals surface area contributed by atoms with Gasteiger partial charge in [-0.3, -0.25) is 0 Å². The standard InChI is InChI=1S/C12H11FN2/c1-2-4-10-5-6-11(13)12(9-10)15-8-3-7-14-15/h2-9H,1H3/b4-2+. The molecule has 2 rings (SSSR count). The highest BCUT2D eigenvalue weighted by atomic mass is 19.1. The van der Waals surface area contributed by atoms with Crippen LogP contribution in [0.1, 0.15) is 12.5 Å². The van der Waals surface area contributed by atoms with Crippen LogP contribution in [0.2, 0.25) is 0 Å². The lowest BCUT2D eigenvalue weighted by Gasteiger charge is -2.04. The van der Waals surface area contributed by atoms with Gasteiger partial charge in [0.25, 0.3) is 0 Å². The van der Waals surface area contributed by atoms with E-state index >= 15 is 0 Å². The summed E-state index contributed by atoms with van der Waals surface area (Å²) in [4.78, 5) is 0. The molecule has 0 N–H and O–H groups in total. The second kappa shape index (κ2) is 4.09. The summed E-state index contributed by atoms with van der Waals surface area (Å²) >= 11 is 0. The smallest absolute Gasteiger partial charge is 0.148 e. The summed E-state index contributed by atoms with van der Waals surface area (Å²) in [5.74, 6) is -0.271. The second-order valence-electron chi connectivity index (χ2n) is 3.16. The molecule has 1 heterocycles. The Morgan fingerprint density at radius 3 is 2.93 bits per heavy atom. The molecule has 0 spiro atoms. The summed E-state index contributed by atoms with van der Waals surface area (Å²) < 4.78 is 15.0. The van der Waals surface area contributed by atoms with Crippen molar-refractivity contribution in [1.82, 2.24) is 9.78 Å². The van der Waals surface area contributed by atoms with Crippen LogP contribution < -0.4 is 0 Å². The van der Waals surface area contributed by atoms with Crippen molar-refractivity contribution in [3.63, 3.8) is 0 Å². The monoisotopic (exact) mass is 202 g/mol. The van der Waals surface area contributed by atoms with Crippen molar-refractivity contribution in [1.29, 1.82) is 0 Å². The van der Waals surface area contributed by atoms with Crippen molar-refractivity contribution in [2.75, 3.05) is 0 Å². The Labute approximate surface area is 87.7 Å². The molecule has 1 aromatic heterocycles. The zero-order valence-electron chi connectivity index (χ0n) is 8.39. The average molecular weight is 202 g/mol. The first kappa shape index (κ1) is 9.65. The van der Waals surface area contributed by atoms with E-state index in [0.717, 1.165) is 5.56 Å². The van der Waals surface area contributed by atoms with Gasteiger partial charge in [-0.15, -0.1) is 0 Å². The number of halogens is 1. The minimum absolute atomic E-state index is 0.271. The largest absolute Gasteiger partial charge is 0.238 e. The summed E-state index contributed by atoms with van der Waals surface area (Å²) in [6, 6.07) is 6.72. The molecule has 0 saturated carbocycles. The average Bonchev–Trinajstić information content (AvgIpc) is 2.74. The van der Waals surface area contributed by atoms with Crippen LogP contribution in [0.3, 0.4) is 0 Å². The molecule has 2 nitrogen and oxygen atoms in total. The van der Waals surface area contributed by atoms with Crippen LogP contribution in [0.25, 0.3) is 11.8 Å². The number of nitrogens with zero attached hydrogens (tertiary/aromatic N) is 2. The molecule has 0 amide bonds. The van der Waals surface area contributed by atoms with Gasteiger partial charge in [0, 0.05) is 12.4 Å². The number of aromatic nitrogens is 2. The van der Waals surface area contributed by atoms with Crippen molar-refractivity contribution in [2.24, 2.45) is 0 Å². The Morgan fingerprint density at radius 2 is 2.27 bits per heavy atom. The third kappa shape index (κ3) is 1.96. The van der Waals surface area contributed by atoms with E-state index < -0.39 is 0 Å². The lowest BCUT2D eigenvalue weighted by molar-refractivity contribution is 0.610. The molecule has 0 bridgehead atoms. The van der Waals surface area contributed by atoms with Gasteiger partial charge in [-0.2, -0.15) is 5.10 Å². The highest BCUT2D eigenvalue weighted by Gasteiger charge is 2.04. The maximum atomic E-state index is 13.5. The zero-order chi connectivity index (χ0) is 10.7. The fourth-order valence-corrected chi connectivity index (χ4v) is 1.41. The number of hydrogen-bond acceptors (Lipinski definition) is 1. The van der Waals surface area contributed by atoms with E-state index in [-0.39, 0.29) is 5.82 Å². The fourth-order valence-electron chi connectivity index (χ4n) is 1.41. The Balaban J connectivity index is 2.50. The topological polar surface area (TPSA) is 17.8 Å². The minimum Gasteiger partial charge on any atom is -0.238 e. The molecule has 0 aliphatic rings. The van der Waals surface area contributed by atoms with Gasteiger partial charge in [-0.1, -0.05) is 18.2 Å². The molecule has 15 heavy (non-hydrogen) atoms. The fraction of sp³-hybridized carbons (Fsp3) is 0.0833. The molecule has 0 atom stereocenters. The zero-order valence-corrected chi connectivity index (χ0v) is 8.39. The molecule has 1 aromatic carbocycles. The van der Waals surface area contributed by atoms with Crippen LogP contribution in [0.15, 0.2) is 42.7 Å². The van der Waals surface area contributed by atoms with Gasteiger partial charge in [-0.05, 0) is 30.7 Å².